The maximum atomic E-state index is 12.5. The van der Waals surface area contributed by atoms with E-state index in [1.807, 2.05) is 6.08 Å². The van der Waals surface area contributed by atoms with Crippen molar-refractivity contribution in [2.24, 2.45) is 0 Å². The second kappa shape index (κ2) is 8.17. The Hall–Kier alpha value is -1.62. The molecule has 0 unspecified atom stereocenters. The first kappa shape index (κ1) is 19.7. The highest BCUT2D eigenvalue weighted by molar-refractivity contribution is 7.92. The molecule has 1 aliphatic heterocycles. The minimum Gasteiger partial charge on any atom is -0.495 e. The second-order valence-corrected chi connectivity index (χ2v) is 9.26. The van der Waals surface area contributed by atoms with Crippen LogP contribution in [-0.4, -0.2) is 49.3 Å². The standard InChI is InChI=1S/C15H23N3O5S2/c1-3-24(19,20)18-13-4-5-15(14(10-13)23-2)25(21,22)17-11-12-6-8-16-9-7-12/h4-6,10,16-18H,3,7-9,11H2,1-2H3. The topological polar surface area (TPSA) is 114 Å². The Morgan fingerprint density at radius 2 is 2.00 bits per heavy atom. The molecule has 0 saturated heterocycles. The fourth-order valence-corrected chi connectivity index (χ4v) is 4.12. The number of nitrogens with one attached hydrogen (secondary N) is 3. The summed E-state index contributed by atoms with van der Waals surface area (Å²) < 4.78 is 58.4. The van der Waals surface area contributed by atoms with Crippen LogP contribution in [0, 0.1) is 0 Å². The largest absolute Gasteiger partial charge is 0.495 e. The summed E-state index contributed by atoms with van der Waals surface area (Å²) in [5.74, 6) is -0.0101. The average Bonchev–Trinajstić information content (AvgIpc) is 2.60. The van der Waals surface area contributed by atoms with Crippen LogP contribution in [-0.2, 0) is 20.0 Å². The van der Waals surface area contributed by atoms with Crippen molar-refractivity contribution < 1.29 is 21.6 Å². The first-order valence-electron chi connectivity index (χ1n) is 7.84. The third-order valence-corrected chi connectivity index (χ3v) is 6.50. The Bertz CT molecular complexity index is 848. The van der Waals surface area contributed by atoms with Gasteiger partial charge in [0.15, 0.2) is 0 Å². The first-order valence-corrected chi connectivity index (χ1v) is 11.0. The van der Waals surface area contributed by atoms with Crippen LogP contribution in [0.1, 0.15) is 13.3 Å². The van der Waals surface area contributed by atoms with E-state index in [-0.39, 0.29) is 28.6 Å². The summed E-state index contributed by atoms with van der Waals surface area (Å²) in [5, 5.41) is 3.16. The molecular formula is C15H23N3O5S2. The molecule has 0 aromatic heterocycles. The molecular weight excluding hydrogens is 366 g/mol. The van der Waals surface area contributed by atoms with E-state index in [0.29, 0.717) is 0 Å². The predicted octanol–water partition coefficient (Wildman–Crippen LogP) is 0.655. The molecule has 1 heterocycles. The molecule has 1 aromatic rings. The Balaban J connectivity index is 2.20. The van der Waals surface area contributed by atoms with Crippen molar-refractivity contribution in [3.05, 3.63) is 29.8 Å². The highest BCUT2D eigenvalue weighted by Crippen LogP contribution is 2.27. The molecule has 0 fully saturated rings. The quantitative estimate of drug-likeness (QED) is 0.563. The van der Waals surface area contributed by atoms with Gasteiger partial charge in [0.1, 0.15) is 10.6 Å². The van der Waals surface area contributed by atoms with Gasteiger partial charge in [0.25, 0.3) is 0 Å². The lowest BCUT2D eigenvalue weighted by atomic mass is 10.1. The van der Waals surface area contributed by atoms with Crippen LogP contribution in [0.25, 0.3) is 0 Å². The van der Waals surface area contributed by atoms with Gasteiger partial charge < -0.3 is 10.1 Å². The van der Waals surface area contributed by atoms with E-state index in [1.165, 1.54) is 32.2 Å². The van der Waals surface area contributed by atoms with Gasteiger partial charge in [-0.1, -0.05) is 11.6 Å². The molecule has 0 bridgehead atoms. The van der Waals surface area contributed by atoms with Gasteiger partial charge in [0.2, 0.25) is 20.0 Å². The summed E-state index contributed by atoms with van der Waals surface area (Å²) in [6.07, 6.45) is 2.75. The minimum absolute atomic E-state index is 0.0380. The van der Waals surface area contributed by atoms with Gasteiger partial charge >= 0.3 is 0 Å². The van der Waals surface area contributed by atoms with E-state index in [1.54, 1.807) is 0 Å². The van der Waals surface area contributed by atoms with Crippen molar-refractivity contribution in [1.29, 1.82) is 0 Å². The second-order valence-electron chi connectivity index (χ2n) is 5.51. The van der Waals surface area contributed by atoms with Gasteiger partial charge in [0.05, 0.1) is 18.6 Å². The molecule has 0 amide bonds. The number of sulfonamides is 2. The average molecular weight is 389 g/mol. The minimum atomic E-state index is -3.78. The fraction of sp³-hybridized carbons (Fsp3) is 0.467. The van der Waals surface area contributed by atoms with Gasteiger partial charge in [-0.3, -0.25) is 4.72 Å². The summed E-state index contributed by atoms with van der Waals surface area (Å²) >= 11 is 0. The number of hydrogen-bond donors (Lipinski definition) is 3. The summed E-state index contributed by atoms with van der Waals surface area (Å²) in [4.78, 5) is -0.0380. The van der Waals surface area contributed by atoms with Gasteiger partial charge in [-0.05, 0) is 32.0 Å². The van der Waals surface area contributed by atoms with Gasteiger partial charge in [-0.2, -0.15) is 0 Å². The van der Waals surface area contributed by atoms with E-state index in [9.17, 15) is 16.8 Å². The lowest BCUT2D eigenvalue weighted by molar-refractivity contribution is 0.402. The maximum absolute atomic E-state index is 12.5. The summed E-state index contributed by atoms with van der Waals surface area (Å²) in [6.45, 7) is 3.30. The SMILES string of the molecule is CCS(=O)(=O)Nc1ccc(S(=O)(=O)NCC2=CCNCC2)c(OC)c1. The third-order valence-electron chi connectivity index (χ3n) is 3.75. The molecule has 3 N–H and O–H groups in total. The van der Waals surface area contributed by atoms with Crippen LogP contribution in [0.5, 0.6) is 5.75 Å². The number of benzene rings is 1. The van der Waals surface area contributed by atoms with Crippen molar-refractivity contribution in [2.75, 3.05) is 37.2 Å². The first-order chi connectivity index (χ1) is 11.8. The number of anilines is 1. The van der Waals surface area contributed by atoms with E-state index < -0.39 is 20.0 Å². The molecule has 1 aliphatic rings. The number of rotatable bonds is 8. The number of ether oxygens (including phenoxy) is 1. The van der Waals surface area contributed by atoms with Crippen molar-refractivity contribution in [1.82, 2.24) is 10.0 Å². The van der Waals surface area contributed by atoms with Crippen molar-refractivity contribution >= 4 is 25.7 Å². The highest BCUT2D eigenvalue weighted by Gasteiger charge is 2.21. The van der Waals surface area contributed by atoms with Crippen molar-refractivity contribution in [3.63, 3.8) is 0 Å². The van der Waals surface area contributed by atoms with Gasteiger partial charge in [-0.15, -0.1) is 0 Å². The van der Waals surface area contributed by atoms with Crippen LogP contribution in [0.2, 0.25) is 0 Å². The predicted molar refractivity (Wildman–Crippen MR) is 96.8 cm³/mol. The van der Waals surface area contributed by atoms with E-state index >= 15 is 0 Å². The Morgan fingerprint density at radius 3 is 2.60 bits per heavy atom. The zero-order chi connectivity index (χ0) is 18.5. The van der Waals surface area contributed by atoms with Crippen LogP contribution in [0.15, 0.2) is 34.7 Å². The molecule has 25 heavy (non-hydrogen) atoms. The van der Waals surface area contributed by atoms with E-state index in [0.717, 1.165) is 25.1 Å². The van der Waals surface area contributed by atoms with Crippen molar-refractivity contribution in [2.45, 2.75) is 18.2 Å². The van der Waals surface area contributed by atoms with Crippen LogP contribution < -0.4 is 19.5 Å². The highest BCUT2D eigenvalue weighted by atomic mass is 32.2. The van der Waals surface area contributed by atoms with Crippen molar-refractivity contribution in [3.8, 4) is 5.75 Å². The molecule has 8 nitrogen and oxygen atoms in total. The number of methoxy groups -OCH3 is 1. The Kier molecular flexibility index (Phi) is 6.44. The van der Waals surface area contributed by atoms with E-state index in [4.69, 9.17) is 4.74 Å². The monoisotopic (exact) mass is 389 g/mol. The maximum Gasteiger partial charge on any atom is 0.244 e. The zero-order valence-electron chi connectivity index (χ0n) is 14.2. The Morgan fingerprint density at radius 1 is 1.24 bits per heavy atom. The summed E-state index contributed by atoms with van der Waals surface area (Å²) in [7, 11) is -5.90. The fourth-order valence-electron chi connectivity index (χ4n) is 2.30. The molecule has 0 atom stereocenters. The van der Waals surface area contributed by atoms with Crippen LogP contribution >= 0.6 is 0 Å². The molecule has 0 saturated carbocycles. The molecule has 10 heteroatoms. The Labute approximate surface area is 148 Å². The lowest BCUT2D eigenvalue weighted by Gasteiger charge is -2.16. The smallest absolute Gasteiger partial charge is 0.244 e. The van der Waals surface area contributed by atoms with Gasteiger partial charge in [-0.25, -0.2) is 21.6 Å². The molecule has 0 radical (unpaired) electrons. The van der Waals surface area contributed by atoms with Crippen LogP contribution in [0.4, 0.5) is 5.69 Å². The summed E-state index contributed by atoms with van der Waals surface area (Å²) in [6, 6.07) is 4.07. The van der Waals surface area contributed by atoms with E-state index in [2.05, 4.69) is 14.8 Å². The molecule has 1 aromatic carbocycles. The molecule has 2 rings (SSSR count). The van der Waals surface area contributed by atoms with Gasteiger partial charge in [0, 0.05) is 19.2 Å². The number of hydrogen-bond acceptors (Lipinski definition) is 6. The molecule has 0 spiro atoms. The normalized spacial score (nSPS) is 15.5. The molecule has 140 valence electrons. The zero-order valence-corrected chi connectivity index (χ0v) is 15.8. The van der Waals surface area contributed by atoms with Crippen LogP contribution in [0.3, 0.4) is 0 Å². The third kappa shape index (κ3) is 5.43. The lowest BCUT2D eigenvalue weighted by Crippen LogP contribution is -2.30. The molecule has 0 aliphatic carbocycles. The summed E-state index contributed by atoms with van der Waals surface area (Å²) in [5.41, 5.74) is 1.27.